The molecular weight excluding hydrogens is 385 g/mol. The maximum atomic E-state index is 12.8. The third-order valence-corrected chi connectivity index (χ3v) is 6.32. The predicted octanol–water partition coefficient (Wildman–Crippen LogP) is 2.26. The Morgan fingerprint density at radius 2 is 1.96 bits per heavy atom. The van der Waals surface area contributed by atoms with Crippen LogP contribution < -0.4 is 5.32 Å². The number of benzene rings is 1. The number of halogens is 3. The lowest BCUT2D eigenvalue weighted by atomic mass is 9.97. The highest BCUT2D eigenvalue weighted by Gasteiger charge is 2.35. The second kappa shape index (κ2) is 8.57. The van der Waals surface area contributed by atoms with Crippen LogP contribution in [0.1, 0.15) is 25.3 Å². The molecule has 1 fully saturated rings. The van der Waals surface area contributed by atoms with Crippen LogP contribution in [0.3, 0.4) is 0 Å². The molecule has 152 valence electrons. The third kappa shape index (κ3) is 5.43. The number of hydrogen-bond acceptors (Lipinski definition) is 4. The number of methoxy groups -OCH3 is 1. The van der Waals surface area contributed by atoms with Gasteiger partial charge in [-0.05, 0) is 38.0 Å². The maximum absolute atomic E-state index is 12.8. The van der Waals surface area contributed by atoms with E-state index in [0.717, 1.165) is 22.5 Å². The van der Waals surface area contributed by atoms with Gasteiger partial charge < -0.3 is 10.1 Å². The molecule has 0 bridgehead atoms. The standard InChI is InChI=1S/C17H23F3N2O4S/c1-12(11-26-2)21-16(23)13-6-8-22(9-7-13)27(24,25)15-5-3-4-14(10-15)17(18,19)20/h3-5,10,12-13H,6-9,11H2,1-2H3,(H,21,23). The van der Waals surface area contributed by atoms with Crippen molar-refractivity contribution >= 4 is 15.9 Å². The van der Waals surface area contributed by atoms with Crippen LogP contribution in [0.2, 0.25) is 0 Å². The summed E-state index contributed by atoms with van der Waals surface area (Å²) in [6, 6.07) is 3.54. The fourth-order valence-corrected chi connectivity index (χ4v) is 4.51. The molecule has 1 N–H and O–H groups in total. The molecule has 1 atom stereocenters. The van der Waals surface area contributed by atoms with Crippen molar-refractivity contribution in [1.82, 2.24) is 9.62 Å². The summed E-state index contributed by atoms with van der Waals surface area (Å²) in [6.07, 6.45) is -4.00. The molecule has 2 rings (SSSR count). The predicted molar refractivity (Wildman–Crippen MR) is 92.4 cm³/mol. The molecular formula is C17H23F3N2O4S. The Kier molecular flexibility index (Phi) is 6.87. The van der Waals surface area contributed by atoms with Gasteiger partial charge in [-0.15, -0.1) is 0 Å². The van der Waals surface area contributed by atoms with E-state index in [0.29, 0.717) is 25.5 Å². The third-order valence-electron chi connectivity index (χ3n) is 4.43. The Balaban J connectivity index is 2.04. The van der Waals surface area contributed by atoms with Gasteiger partial charge in [0, 0.05) is 32.2 Å². The van der Waals surface area contributed by atoms with Gasteiger partial charge in [0.25, 0.3) is 0 Å². The van der Waals surface area contributed by atoms with Gasteiger partial charge in [0.05, 0.1) is 17.1 Å². The first-order valence-electron chi connectivity index (χ1n) is 8.52. The Hall–Kier alpha value is -1.65. The van der Waals surface area contributed by atoms with E-state index in [4.69, 9.17) is 4.74 Å². The van der Waals surface area contributed by atoms with Crippen molar-refractivity contribution in [2.75, 3.05) is 26.8 Å². The van der Waals surface area contributed by atoms with Crippen LogP contribution in [0, 0.1) is 5.92 Å². The van der Waals surface area contributed by atoms with Crippen LogP contribution in [0.25, 0.3) is 0 Å². The molecule has 1 aromatic carbocycles. The molecule has 0 spiro atoms. The highest BCUT2D eigenvalue weighted by molar-refractivity contribution is 7.89. The lowest BCUT2D eigenvalue weighted by Gasteiger charge is -2.31. The van der Waals surface area contributed by atoms with Crippen molar-refractivity contribution in [3.05, 3.63) is 29.8 Å². The Morgan fingerprint density at radius 3 is 2.52 bits per heavy atom. The van der Waals surface area contributed by atoms with Gasteiger partial charge in [-0.25, -0.2) is 8.42 Å². The van der Waals surface area contributed by atoms with Gasteiger partial charge in [0.1, 0.15) is 0 Å². The van der Waals surface area contributed by atoms with Crippen molar-refractivity contribution < 1.29 is 31.1 Å². The van der Waals surface area contributed by atoms with Gasteiger partial charge >= 0.3 is 6.18 Å². The van der Waals surface area contributed by atoms with Crippen molar-refractivity contribution in [2.45, 2.75) is 36.9 Å². The molecule has 1 saturated heterocycles. The molecule has 27 heavy (non-hydrogen) atoms. The van der Waals surface area contributed by atoms with Crippen LogP contribution in [-0.2, 0) is 25.7 Å². The van der Waals surface area contributed by atoms with Crippen LogP contribution in [0.5, 0.6) is 0 Å². The minimum Gasteiger partial charge on any atom is -0.383 e. The van der Waals surface area contributed by atoms with Crippen molar-refractivity contribution in [3.63, 3.8) is 0 Å². The number of ether oxygens (including phenoxy) is 1. The highest BCUT2D eigenvalue weighted by atomic mass is 32.2. The second-order valence-corrected chi connectivity index (χ2v) is 8.51. The molecule has 10 heteroatoms. The zero-order valence-corrected chi connectivity index (χ0v) is 15.9. The van der Waals surface area contributed by atoms with E-state index in [9.17, 15) is 26.4 Å². The zero-order valence-electron chi connectivity index (χ0n) is 15.1. The van der Waals surface area contributed by atoms with Gasteiger partial charge in [-0.2, -0.15) is 17.5 Å². The fourth-order valence-electron chi connectivity index (χ4n) is 2.99. The van der Waals surface area contributed by atoms with Crippen LogP contribution in [0.4, 0.5) is 13.2 Å². The number of amides is 1. The van der Waals surface area contributed by atoms with Gasteiger partial charge in [-0.3, -0.25) is 4.79 Å². The Labute approximate surface area is 156 Å². The molecule has 1 aliphatic heterocycles. The van der Waals surface area contributed by atoms with E-state index in [1.165, 1.54) is 7.11 Å². The van der Waals surface area contributed by atoms with Crippen LogP contribution >= 0.6 is 0 Å². The zero-order chi connectivity index (χ0) is 20.2. The summed E-state index contributed by atoms with van der Waals surface area (Å²) in [5.74, 6) is -0.507. The van der Waals surface area contributed by atoms with Crippen molar-refractivity contribution in [1.29, 1.82) is 0 Å². The molecule has 6 nitrogen and oxygen atoms in total. The lowest BCUT2D eigenvalue weighted by molar-refractivity contribution is -0.137. The number of nitrogens with one attached hydrogen (secondary N) is 1. The molecule has 0 radical (unpaired) electrons. The molecule has 0 aliphatic carbocycles. The van der Waals surface area contributed by atoms with Crippen molar-refractivity contribution in [2.24, 2.45) is 5.92 Å². The number of piperidine rings is 1. The number of hydrogen-bond donors (Lipinski definition) is 1. The first kappa shape index (κ1) is 21.6. The van der Waals surface area contributed by atoms with Gasteiger partial charge in [0.2, 0.25) is 15.9 Å². The number of alkyl halides is 3. The topological polar surface area (TPSA) is 75.7 Å². The van der Waals surface area contributed by atoms with E-state index in [2.05, 4.69) is 5.32 Å². The number of carbonyl (C=O) groups excluding carboxylic acids is 1. The van der Waals surface area contributed by atoms with Gasteiger partial charge in [-0.1, -0.05) is 6.07 Å². The number of rotatable bonds is 6. The summed E-state index contributed by atoms with van der Waals surface area (Å²) in [5.41, 5.74) is -1.01. The number of sulfonamides is 1. The fraction of sp³-hybridized carbons (Fsp3) is 0.588. The largest absolute Gasteiger partial charge is 0.416 e. The number of nitrogens with zero attached hydrogens (tertiary/aromatic N) is 1. The SMILES string of the molecule is COCC(C)NC(=O)C1CCN(S(=O)(=O)c2cccc(C(F)(F)F)c2)CC1. The Morgan fingerprint density at radius 1 is 1.33 bits per heavy atom. The highest BCUT2D eigenvalue weighted by Crippen LogP contribution is 2.32. The van der Waals surface area contributed by atoms with Crippen LogP contribution in [0.15, 0.2) is 29.2 Å². The summed E-state index contributed by atoms with van der Waals surface area (Å²) in [5, 5.41) is 2.80. The summed E-state index contributed by atoms with van der Waals surface area (Å²) >= 11 is 0. The average molecular weight is 408 g/mol. The van der Waals surface area contributed by atoms with E-state index in [1.807, 2.05) is 0 Å². The molecule has 1 heterocycles. The Bertz CT molecular complexity index is 760. The minimum absolute atomic E-state index is 0.0787. The minimum atomic E-state index is -4.62. The summed E-state index contributed by atoms with van der Waals surface area (Å²) in [6.45, 7) is 2.33. The van der Waals surface area contributed by atoms with E-state index in [-0.39, 0.29) is 31.0 Å². The lowest BCUT2D eigenvalue weighted by Crippen LogP contribution is -2.45. The van der Waals surface area contributed by atoms with E-state index < -0.39 is 26.7 Å². The van der Waals surface area contributed by atoms with E-state index >= 15 is 0 Å². The smallest absolute Gasteiger partial charge is 0.383 e. The molecule has 1 amide bonds. The molecule has 1 unspecified atom stereocenters. The average Bonchev–Trinajstić information content (AvgIpc) is 2.61. The van der Waals surface area contributed by atoms with Crippen molar-refractivity contribution in [3.8, 4) is 0 Å². The maximum Gasteiger partial charge on any atom is 0.416 e. The first-order valence-corrected chi connectivity index (χ1v) is 9.96. The van der Waals surface area contributed by atoms with Crippen LogP contribution in [-0.4, -0.2) is 51.5 Å². The summed E-state index contributed by atoms with van der Waals surface area (Å²) in [4.78, 5) is 11.8. The normalized spacial score (nSPS) is 18.3. The second-order valence-electron chi connectivity index (χ2n) is 6.57. The molecule has 1 aromatic rings. The molecule has 0 aromatic heterocycles. The summed E-state index contributed by atoms with van der Waals surface area (Å²) < 4.78 is 69.9. The quantitative estimate of drug-likeness (QED) is 0.784. The summed E-state index contributed by atoms with van der Waals surface area (Å²) in [7, 11) is -2.52. The molecule has 0 saturated carbocycles. The monoisotopic (exact) mass is 408 g/mol. The van der Waals surface area contributed by atoms with Gasteiger partial charge in [0.15, 0.2) is 0 Å². The number of carbonyl (C=O) groups is 1. The molecule has 1 aliphatic rings. The van der Waals surface area contributed by atoms with E-state index in [1.54, 1.807) is 6.92 Å². The first-order chi connectivity index (χ1) is 12.6.